The van der Waals surface area contributed by atoms with Crippen molar-refractivity contribution in [2.45, 2.75) is 39.2 Å². The second-order valence-electron chi connectivity index (χ2n) is 9.89. The zero-order valence-corrected chi connectivity index (χ0v) is 25.0. The molecule has 0 radical (unpaired) electrons. The zero-order valence-electron chi connectivity index (χ0n) is 25.0. The molecule has 1 aromatic carbocycles. The predicted molar refractivity (Wildman–Crippen MR) is 165 cm³/mol. The lowest BCUT2D eigenvalue weighted by Crippen LogP contribution is -2.45. The van der Waals surface area contributed by atoms with Gasteiger partial charge in [-0.15, -0.1) is 5.10 Å². The summed E-state index contributed by atoms with van der Waals surface area (Å²) in [5, 5.41) is 17.3. The first kappa shape index (κ1) is 31.8. The molecule has 2 amide bonds. The van der Waals surface area contributed by atoms with Gasteiger partial charge in [-0.05, 0) is 52.1 Å². The van der Waals surface area contributed by atoms with Crippen molar-refractivity contribution in [1.82, 2.24) is 40.1 Å². The molecule has 0 aliphatic rings. The summed E-state index contributed by atoms with van der Waals surface area (Å²) in [6.45, 7) is 5.66. The van der Waals surface area contributed by atoms with Crippen LogP contribution < -0.4 is 16.0 Å². The lowest BCUT2D eigenvalue weighted by atomic mass is 10.2. The number of hydrogen-bond donors (Lipinski definition) is 3. The predicted octanol–water partition coefficient (Wildman–Crippen LogP) is 2.84. The third-order valence-corrected chi connectivity index (χ3v) is 6.16. The van der Waals surface area contributed by atoms with E-state index in [0.29, 0.717) is 43.3 Å². The first-order chi connectivity index (χ1) is 20.3. The van der Waals surface area contributed by atoms with Crippen molar-refractivity contribution in [1.29, 1.82) is 0 Å². The van der Waals surface area contributed by atoms with Crippen molar-refractivity contribution in [3.63, 3.8) is 0 Å². The summed E-state index contributed by atoms with van der Waals surface area (Å²) in [5.41, 5.74) is 2.38. The average Bonchev–Trinajstić information content (AvgIpc) is 3.53. The molecule has 2 aromatic heterocycles. The Morgan fingerprint density at radius 1 is 1.19 bits per heavy atom. The minimum absolute atomic E-state index is 0.200. The molecule has 3 rings (SSSR count). The molecule has 222 valence electrons. The first-order valence-corrected chi connectivity index (χ1v) is 14.0. The van der Waals surface area contributed by atoms with Gasteiger partial charge in [0.2, 0.25) is 17.8 Å². The number of rotatable bonds is 14. The van der Waals surface area contributed by atoms with Crippen LogP contribution in [-0.4, -0.2) is 93.4 Å². The molecular formula is C30H40N10O2. The highest BCUT2D eigenvalue weighted by atomic mass is 16.2. The van der Waals surface area contributed by atoms with Gasteiger partial charge in [-0.1, -0.05) is 36.1 Å². The summed E-state index contributed by atoms with van der Waals surface area (Å²) in [7, 11) is 5.47. The normalized spacial score (nSPS) is 11.6. The molecule has 0 aliphatic carbocycles. The van der Waals surface area contributed by atoms with E-state index in [4.69, 9.17) is 0 Å². The smallest absolute Gasteiger partial charge is 0.246 e. The number of hydrogen-bond acceptors (Lipinski definition) is 9. The van der Waals surface area contributed by atoms with E-state index in [9.17, 15) is 9.59 Å². The Labute approximate surface area is 247 Å². The maximum Gasteiger partial charge on any atom is 0.246 e. The van der Waals surface area contributed by atoms with Crippen molar-refractivity contribution >= 4 is 29.3 Å². The Balaban J connectivity index is 1.53. The molecule has 3 aromatic rings. The van der Waals surface area contributed by atoms with E-state index in [0.717, 1.165) is 24.3 Å². The number of nitrogens with zero attached hydrogens (tertiary/aromatic N) is 7. The van der Waals surface area contributed by atoms with Crippen LogP contribution in [0.5, 0.6) is 0 Å². The van der Waals surface area contributed by atoms with Crippen LogP contribution in [0.3, 0.4) is 0 Å². The van der Waals surface area contributed by atoms with Gasteiger partial charge in [-0.25, -0.2) is 9.67 Å². The number of nitrogens with one attached hydrogen (secondary N) is 3. The number of carbonyl (C=O) groups excluding carboxylic acids is 2. The van der Waals surface area contributed by atoms with Gasteiger partial charge < -0.3 is 25.8 Å². The number of likely N-dealkylation sites (N-methyl/N-ethyl adjacent to an activating group) is 2. The molecule has 0 fully saturated rings. The van der Waals surface area contributed by atoms with Crippen molar-refractivity contribution in [2.24, 2.45) is 0 Å². The van der Waals surface area contributed by atoms with E-state index in [1.807, 2.05) is 43.3 Å². The molecule has 0 bridgehead atoms. The summed E-state index contributed by atoms with van der Waals surface area (Å²) in [6, 6.07) is 7.14. The van der Waals surface area contributed by atoms with Crippen LogP contribution in [0.1, 0.15) is 38.7 Å². The van der Waals surface area contributed by atoms with Gasteiger partial charge in [-0.3, -0.25) is 9.59 Å². The Morgan fingerprint density at radius 3 is 2.76 bits per heavy atom. The maximum atomic E-state index is 12.5. The van der Waals surface area contributed by atoms with Crippen LogP contribution in [0, 0.1) is 11.8 Å². The molecule has 0 saturated carbocycles. The number of anilines is 3. The second-order valence-corrected chi connectivity index (χ2v) is 9.89. The number of amides is 2. The lowest BCUT2D eigenvalue weighted by Gasteiger charge is -2.23. The van der Waals surface area contributed by atoms with Crippen LogP contribution in [-0.2, 0) is 9.59 Å². The molecule has 42 heavy (non-hydrogen) atoms. The van der Waals surface area contributed by atoms with Gasteiger partial charge >= 0.3 is 0 Å². The molecule has 12 heteroatoms. The largest absolute Gasteiger partial charge is 0.369 e. The molecule has 2 heterocycles. The van der Waals surface area contributed by atoms with E-state index in [-0.39, 0.29) is 11.8 Å². The molecule has 0 aliphatic heterocycles. The van der Waals surface area contributed by atoms with Crippen molar-refractivity contribution in [3.05, 3.63) is 60.6 Å². The fourth-order valence-electron chi connectivity index (χ4n) is 3.66. The molecular weight excluding hydrogens is 532 g/mol. The minimum Gasteiger partial charge on any atom is -0.369 e. The number of unbranched alkanes of at least 4 members (excludes halogenated alkanes) is 1. The SMILES string of the molecule is CCCNc1nc(Nc2cccc(-n3ccnn3)c2)ncc1C#CCCCNC(=O)[C@H](C)N(C)C(=O)/C=C/CN(C)C. The number of benzene rings is 1. The highest BCUT2D eigenvalue weighted by molar-refractivity contribution is 5.92. The number of carbonyl (C=O) groups is 2. The fourth-order valence-corrected chi connectivity index (χ4v) is 3.66. The topological polar surface area (TPSA) is 133 Å². The Morgan fingerprint density at radius 2 is 2.02 bits per heavy atom. The molecule has 3 N–H and O–H groups in total. The van der Waals surface area contributed by atoms with Crippen LogP contribution in [0.15, 0.2) is 55.0 Å². The Hall–Kier alpha value is -4.76. The Bertz CT molecular complexity index is 1390. The van der Waals surface area contributed by atoms with Crippen molar-refractivity contribution in [2.75, 3.05) is 51.4 Å². The third kappa shape index (κ3) is 10.0. The van der Waals surface area contributed by atoms with Crippen LogP contribution >= 0.6 is 0 Å². The first-order valence-electron chi connectivity index (χ1n) is 14.0. The molecule has 0 unspecified atom stereocenters. The van der Waals surface area contributed by atoms with Gasteiger partial charge in [0.25, 0.3) is 0 Å². The minimum atomic E-state index is -0.575. The molecule has 0 spiro atoms. The summed E-state index contributed by atoms with van der Waals surface area (Å²) in [4.78, 5) is 37.3. The van der Waals surface area contributed by atoms with E-state index < -0.39 is 6.04 Å². The quantitative estimate of drug-likeness (QED) is 0.151. The summed E-state index contributed by atoms with van der Waals surface area (Å²) >= 11 is 0. The molecule has 0 saturated heterocycles. The zero-order chi connectivity index (χ0) is 30.3. The highest BCUT2D eigenvalue weighted by Crippen LogP contribution is 2.19. The lowest BCUT2D eigenvalue weighted by molar-refractivity contribution is -0.135. The van der Waals surface area contributed by atoms with Gasteiger partial charge in [0.1, 0.15) is 11.9 Å². The monoisotopic (exact) mass is 572 g/mol. The van der Waals surface area contributed by atoms with Crippen LogP contribution in [0.4, 0.5) is 17.5 Å². The van der Waals surface area contributed by atoms with E-state index in [1.54, 1.807) is 43.3 Å². The van der Waals surface area contributed by atoms with Crippen molar-refractivity contribution < 1.29 is 9.59 Å². The molecule has 12 nitrogen and oxygen atoms in total. The Kier molecular flexibility index (Phi) is 12.5. The van der Waals surface area contributed by atoms with Gasteiger partial charge in [0.05, 0.1) is 29.8 Å². The van der Waals surface area contributed by atoms with Gasteiger partial charge in [0, 0.05) is 44.9 Å². The van der Waals surface area contributed by atoms with E-state index in [1.165, 1.54) is 11.0 Å². The van der Waals surface area contributed by atoms with Gasteiger partial charge in [0.15, 0.2) is 0 Å². The number of aromatic nitrogens is 5. The van der Waals surface area contributed by atoms with Gasteiger partial charge in [-0.2, -0.15) is 4.98 Å². The summed E-state index contributed by atoms with van der Waals surface area (Å²) in [6.07, 6.45) is 10.6. The van der Waals surface area contributed by atoms with Crippen LogP contribution in [0.25, 0.3) is 5.69 Å². The van der Waals surface area contributed by atoms with E-state index >= 15 is 0 Å². The summed E-state index contributed by atoms with van der Waals surface area (Å²) < 4.78 is 1.68. The maximum absolute atomic E-state index is 12.5. The fraction of sp³-hybridized carbons (Fsp3) is 0.400. The third-order valence-electron chi connectivity index (χ3n) is 6.16. The molecule has 1 atom stereocenters. The van der Waals surface area contributed by atoms with Crippen molar-refractivity contribution in [3.8, 4) is 17.5 Å². The van der Waals surface area contributed by atoms with E-state index in [2.05, 4.69) is 55.0 Å². The highest BCUT2D eigenvalue weighted by Gasteiger charge is 2.20. The summed E-state index contributed by atoms with van der Waals surface area (Å²) in [5.74, 6) is 7.00. The van der Waals surface area contributed by atoms with Crippen LogP contribution in [0.2, 0.25) is 0 Å². The average molecular weight is 573 g/mol. The second kappa shape index (κ2) is 16.5. The standard InChI is InChI=1S/C30H40N10O2/c1-6-16-31-28-24(22-33-30(36-28)35-25-13-10-14-26(21-25)40-20-18-34-37-40)12-8-7-9-17-32-29(42)23(2)39(5)27(41)15-11-19-38(3)4/h10-11,13-15,18,20-23H,6-7,9,16-17,19H2,1-5H3,(H,32,42)(H2,31,33,35,36)/b15-11+/t23-/m0/s1.